The monoisotopic (exact) mass is 439 g/mol. The first kappa shape index (κ1) is 21.1. The lowest BCUT2D eigenvalue weighted by Gasteiger charge is -2.32. The molecule has 2 aromatic carbocycles. The molecule has 3 nitrogen and oxygen atoms in total. The Kier molecular flexibility index (Phi) is 5.96. The van der Waals surface area contributed by atoms with E-state index in [0.717, 1.165) is 49.4 Å². The number of benzene rings is 2. The van der Waals surface area contributed by atoms with Crippen molar-refractivity contribution in [2.45, 2.75) is 37.4 Å². The van der Waals surface area contributed by atoms with Crippen molar-refractivity contribution in [3.63, 3.8) is 0 Å². The van der Waals surface area contributed by atoms with Gasteiger partial charge < -0.3 is 15.1 Å². The zero-order valence-electron chi connectivity index (χ0n) is 18.0. The van der Waals surface area contributed by atoms with Gasteiger partial charge in [-0.15, -0.1) is 0 Å². The standard InChI is InChI=1S/C26H28F3N3/c27-20-5-8-25(29)24(14-20)26-15-21(28)16-32(26)23-2-1-13-31(17-23)22-6-3-18(4-7-22)19-9-11-30-12-10-19/h1-8,14,17,19,21,26,30H,9-13,15-16H2/t21-,26+/m0/s1. The number of hydrogen-bond acceptors (Lipinski definition) is 3. The molecule has 0 radical (unpaired) electrons. The molecular weight excluding hydrogens is 411 g/mol. The van der Waals surface area contributed by atoms with Gasteiger partial charge in [0.05, 0.1) is 11.7 Å². The van der Waals surface area contributed by atoms with Crippen LogP contribution in [0.15, 0.2) is 66.5 Å². The minimum absolute atomic E-state index is 0.149. The van der Waals surface area contributed by atoms with Crippen LogP contribution in [0.1, 0.15) is 42.3 Å². The SMILES string of the molecule is Fc1ccc(F)c([C@H]2C[C@H](F)CN2C2=CN(c3ccc(C4CCNCC4)cc3)CC=C2)c1. The van der Waals surface area contributed by atoms with E-state index in [2.05, 4.69) is 34.5 Å². The fourth-order valence-corrected chi connectivity index (χ4v) is 5.12. The van der Waals surface area contributed by atoms with E-state index in [1.165, 1.54) is 11.6 Å². The van der Waals surface area contributed by atoms with Crippen molar-refractivity contribution in [1.29, 1.82) is 0 Å². The molecule has 5 rings (SSSR count). The topological polar surface area (TPSA) is 18.5 Å². The smallest absolute Gasteiger partial charge is 0.128 e. The summed E-state index contributed by atoms with van der Waals surface area (Å²) in [4.78, 5) is 3.97. The van der Waals surface area contributed by atoms with Gasteiger partial charge >= 0.3 is 0 Å². The number of likely N-dealkylation sites (tertiary alicyclic amines) is 1. The second-order valence-electron chi connectivity index (χ2n) is 8.89. The van der Waals surface area contributed by atoms with Gasteiger partial charge in [-0.2, -0.15) is 0 Å². The lowest BCUT2D eigenvalue weighted by Crippen LogP contribution is -2.29. The van der Waals surface area contributed by atoms with E-state index in [0.29, 0.717) is 12.5 Å². The number of allylic oxidation sites excluding steroid dienone is 1. The second kappa shape index (κ2) is 9.02. The molecule has 2 aromatic rings. The Morgan fingerprint density at radius 2 is 1.75 bits per heavy atom. The van der Waals surface area contributed by atoms with Crippen LogP contribution in [0.3, 0.4) is 0 Å². The molecule has 1 N–H and O–H groups in total. The lowest BCUT2D eigenvalue weighted by atomic mass is 9.90. The number of nitrogens with one attached hydrogen (secondary N) is 1. The molecule has 2 saturated heterocycles. The van der Waals surface area contributed by atoms with E-state index in [9.17, 15) is 13.2 Å². The summed E-state index contributed by atoms with van der Waals surface area (Å²) in [7, 11) is 0. The average molecular weight is 440 g/mol. The highest BCUT2D eigenvalue weighted by molar-refractivity contribution is 5.54. The summed E-state index contributed by atoms with van der Waals surface area (Å²) in [5.41, 5.74) is 3.46. The van der Waals surface area contributed by atoms with Gasteiger partial charge in [-0.25, -0.2) is 13.2 Å². The predicted molar refractivity (Wildman–Crippen MR) is 121 cm³/mol. The third-order valence-electron chi connectivity index (χ3n) is 6.81. The molecule has 3 heterocycles. The Morgan fingerprint density at radius 1 is 0.969 bits per heavy atom. The molecule has 32 heavy (non-hydrogen) atoms. The van der Waals surface area contributed by atoms with Crippen molar-refractivity contribution in [2.75, 3.05) is 31.1 Å². The fraction of sp³-hybridized carbons (Fsp3) is 0.385. The summed E-state index contributed by atoms with van der Waals surface area (Å²) < 4.78 is 42.7. The summed E-state index contributed by atoms with van der Waals surface area (Å²) in [6.45, 7) is 3.00. The first-order valence-electron chi connectivity index (χ1n) is 11.4. The third-order valence-corrected chi connectivity index (χ3v) is 6.81. The van der Waals surface area contributed by atoms with E-state index in [1.54, 1.807) is 0 Å². The van der Waals surface area contributed by atoms with Crippen LogP contribution >= 0.6 is 0 Å². The van der Waals surface area contributed by atoms with E-state index in [1.807, 2.05) is 23.3 Å². The van der Waals surface area contributed by atoms with Gasteiger partial charge in [-0.05, 0) is 73.8 Å². The van der Waals surface area contributed by atoms with Crippen molar-refractivity contribution < 1.29 is 13.2 Å². The normalized spacial score (nSPS) is 24.2. The number of alkyl halides is 1. The van der Waals surface area contributed by atoms with Gasteiger partial charge in [0.15, 0.2) is 0 Å². The first-order chi connectivity index (χ1) is 15.6. The number of nitrogens with zero attached hydrogens (tertiary/aromatic N) is 2. The Morgan fingerprint density at radius 3 is 2.53 bits per heavy atom. The average Bonchev–Trinajstić information content (AvgIpc) is 3.23. The molecule has 0 spiro atoms. The zero-order valence-corrected chi connectivity index (χ0v) is 18.0. The van der Waals surface area contributed by atoms with Crippen molar-refractivity contribution in [3.8, 4) is 0 Å². The quantitative estimate of drug-likeness (QED) is 0.685. The molecule has 0 aromatic heterocycles. The molecule has 0 aliphatic carbocycles. The summed E-state index contributed by atoms with van der Waals surface area (Å²) in [6, 6.07) is 11.6. The van der Waals surface area contributed by atoms with Crippen LogP contribution in [0.4, 0.5) is 18.9 Å². The van der Waals surface area contributed by atoms with Crippen LogP contribution in [0.5, 0.6) is 0 Å². The van der Waals surface area contributed by atoms with Crippen LogP contribution in [0.2, 0.25) is 0 Å². The molecule has 0 bridgehead atoms. The number of halogens is 3. The maximum absolute atomic E-state index is 14.5. The molecule has 3 aliphatic heterocycles. The van der Waals surface area contributed by atoms with Gasteiger partial charge in [-0.3, -0.25) is 0 Å². The Balaban J connectivity index is 1.38. The Hall–Kier alpha value is -2.73. The summed E-state index contributed by atoms with van der Waals surface area (Å²) in [6.07, 6.45) is 7.35. The molecule has 0 amide bonds. The number of hydrogen-bond donors (Lipinski definition) is 1. The van der Waals surface area contributed by atoms with Crippen molar-refractivity contribution >= 4 is 5.69 Å². The fourth-order valence-electron chi connectivity index (χ4n) is 5.12. The maximum atomic E-state index is 14.5. The maximum Gasteiger partial charge on any atom is 0.128 e. The van der Waals surface area contributed by atoms with Crippen LogP contribution < -0.4 is 10.2 Å². The van der Waals surface area contributed by atoms with Gasteiger partial charge in [0.25, 0.3) is 0 Å². The molecule has 2 atom stereocenters. The van der Waals surface area contributed by atoms with E-state index < -0.39 is 23.8 Å². The Labute approximate surface area is 187 Å². The number of piperidine rings is 1. The van der Waals surface area contributed by atoms with Crippen LogP contribution in [0.25, 0.3) is 0 Å². The zero-order chi connectivity index (χ0) is 22.1. The van der Waals surface area contributed by atoms with Gasteiger partial charge in [-0.1, -0.05) is 18.2 Å². The van der Waals surface area contributed by atoms with Crippen molar-refractivity contribution in [3.05, 3.63) is 89.3 Å². The first-order valence-corrected chi connectivity index (χ1v) is 11.4. The highest BCUT2D eigenvalue weighted by Crippen LogP contribution is 2.39. The lowest BCUT2D eigenvalue weighted by molar-refractivity contribution is 0.307. The van der Waals surface area contributed by atoms with Gasteiger partial charge in [0.1, 0.15) is 17.8 Å². The highest BCUT2D eigenvalue weighted by Gasteiger charge is 2.36. The van der Waals surface area contributed by atoms with Crippen molar-refractivity contribution in [2.24, 2.45) is 0 Å². The van der Waals surface area contributed by atoms with Crippen LogP contribution in [-0.4, -0.2) is 37.3 Å². The van der Waals surface area contributed by atoms with Crippen molar-refractivity contribution in [1.82, 2.24) is 10.2 Å². The minimum Gasteiger partial charge on any atom is -0.360 e. The van der Waals surface area contributed by atoms with Crippen LogP contribution in [-0.2, 0) is 0 Å². The Bertz CT molecular complexity index is 1010. The van der Waals surface area contributed by atoms with E-state index in [-0.39, 0.29) is 18.5 Å². The number of rotatable bonds is 4. The molecule has 6 heteroatoms. The summed E-state index contributed by atoms with van der Waals surface area (Å²) in [5, 5.41) is 3.40. The van der Waals surface area contributed by atoms with Crippen LogP contribution in [0, 0.1) is 11.6 Å². The second-order valence-corrected chi connectivity index (χ2v) is 8.89. The van der Waals surface area contributed by atoms with Gasteiger partial charge in [0.2, 0.25) is 0 Å². The van der Waals surface area contributed by atoms with E-state index >= 15 is 0 Å². The highest BCUT2D eigenvalue weighted by atomic mass is 19.1. The predicted octanol–water partition coefficient (Wildman–Crippen LogP) is 5.43. The molecule has 0 unspecified atom stereocenters. The molecule has 3 aliphatic rings. The summed E-state index contributed by atoms with van der Waals surface area (Å²) >= 11 is 0. The molecule has 0 saturated carbocycles. The van der Waals surface area contributed by atoms with Gasteiger partial charge in [0, 0.05) is 37.0 Å². The number of anilines is 1. The minimum atomic E-state index is -1.09. The van der Waals surface area contributed by atoms with E-state index in [4.69, 9.17) is 0 Å². The summed E-state index contributed by atoms with van der Waals surface area (Å²) in [5.74, 6) is -0.404. The molecule has 168 valence electrons. The molecular formula is C26H28F3N3. The molecule has 2 fully saturated rings. The largest absolute Gasteiger partial charge is 0.360 e. The third kappa shape index (κ3) is 4.29.